The maximum Gasteiger partial charge on any atom is 0.305 e. The average molecular weight is 898 g/mol. The van der Waals surface area contributed by atoms with Crippen molar-refractivity contribution in [1.29, 1.82) is 0 Å². The molecule has 0 aromatic rings. The summed E-state index contributed by atoms with van der Waals surface area (Å²) in [4.78, 5) is 32.4. The number of carbonyl (C=O) groups is 3. The number of aliphatic hydroxyl groups is 3. The first-order chi connectivity index (χ1) is 25.9. The van der Waals surface area contributed by atoms with Crippen LogP contribution in [0.1, 0.15) is 128 Å². The maximum atomic E-state index is 11.2. The van der Waals surface area contributed by atoms with E-state index in [0.717, 1.165) is 65.9 Å². The van der Waals surface area contributed by atoms with E-state index >= 15 is 0 Å². The number of carbonyl (C=O) groups excluding carboxylic acids is 2. The Labute approximate surface area is 351 Å². The summed E-state index contributed by atoms with van der Waals surface area (Å²) in [6, 6.07) is 0. The van der Waals surface area contributed by atoms with E-state index in [9.17, 15) is 14.4 Å². The summed E-state index contributed by atoms with van der Waals surface area (Å²) >= 11 is 0. The second-order valence-electron chi connectivity index (χ2n) is 13.0. The molecular formula is C36H67NO8S8. The van der Waals surface area contributed by atoms with E-state index in [4.69, 9.17) is 25.2 Å². The van der Waals surface area contributed by atoms with Crippen molar-refractivity contribution in [3.63, 3.8) is 0 Å². The number of aliphatic hydroxyl groups excluding tert-OH is 3. The first kappa shape index (κ1) is 52.1. The summed E-state index contributed by atoms with van der Waals surface area (Å²) in [5.41, 5.74) is 0. The van der Waals surface area contributed by atoms with Gasteiger partial charge in [0.2, 0.25) is 5.91 Å². The molecule has 17 heteroatoms. The third kappa shape index (κ3) is 33.7. The molecule has 4 rings (SSSR count). The number of ether oxygens (including phenoxy) is 1. The molecule has 4 heterocycles. The summed E-state index contributed by atoms with van der Waals surface area (Å²) in [5.74, 6) is 4.39. The number of amides is 1. The molecular weight excluding hydrogens is 831 g/mol. The first-order valence-corrected chi connectivity index (χ1v) is 29.0. The molecule has 0 spiro atoms. The van der Waals surface area contributed by atoms with E-state index in [1.807, 2.05) is 75.6 Å². The van der Waals surface area contributed by atoms with Crippen LogP contribution in [0.4, 0.5) is 0 Å². The lowest BCUT2D eigenvalue weighted by molar-refractivity contribution is -0.144. The Balaban J connectivity index is 0.000000356. The zero-order valence-corrected chi connectivity index (χ0v) is 38.0. The number of unbranched alkanes of at least 4 members (excludes halogenated alkanes) is 5. The number of nitrogens with one attached hydrogen (secondary N) is 1. The van der Waals surface area contributed by atoms with Gasteiger partial charge in [0, 0.05) is 76.4 Å². The van der Waals surface area contributed by atoms with Crippen molar-refractivity contribution in [1.82, 2.24) is 5.32 Å². The highest BCUT2D eigenvalue weighted by atomic mass is 33.1. The number of rotatable bonds is 24. The Hall–Kier alpha value is 1.09. The van der Waals surface area contributed by atoms with Crippen molar-refractivity contribution >= 4 is 104 Å². The Morgan fingerprint density at radius 1 is 0.528 bits per heavy atom. The summed E-state index contributed by atoms with van der Waals surface area (Å²) in [7, 11) is 15.9. The molecule has 5 N–H and O–H groups in total. The zero-order chi connectivity index (χ0) is 38.6. The molecule has 4 fully saturated rings. The molecule has 0 saturated carbocycles. The van der Waals surface area contributed by atoms with Gasteiger partial charge in [-0.25, -0.2) is 0 Å². The Bertz CT molecular complexity index is 836. The highest BCUT2D eigenvalue weighted by molar-refractivity contribution is 8.78. The molecule has 9 nitrogen and oxygen atoms in total. The van der Waals surface area contributed by atoms with Crippen LogP contribution < -0.4 is 5.32 Å². The highest BCUT2D eigenvalue weighted by Crippen LogP contribution is 2.42. The predicted octanol–water partition coefficient (Wildman–Crippen LogP) is 9.52. The van der Waals surface area contributed by atoms with Gasteiger partial charge in [0.05, 0.1) is 13.2 Å². The van der Waals surface area contributed by atoms with Crippen LogP contribution in [0.5, 0.6) is 0 Å². The number of hydrogen-bond acceptors (Lipinski definition) is 15. The van der Waals surface area contributed by atoms with Gasteiger partial charge in [0.1, 0.15) is 6.61 Å². The van der Waals surface area contributed by atoms with Crippen LogP contribution >= 0.6 is 86.4 Å². The average Bonchev–Trinajstić information content (AvgIpc) is 4.01. The number of carboxylic acids is 1. The zero-order valence-electron chi connectivity index (χ0n) is 31.5. The minimum Gasteiger partial charge on any atom is -0.481 e. The highest BCUT2D eigenvalue weighted by Gasteiger charge is 2.18. The molecule has 0 bridgehead atoms. The van der Waals surface area contributed by atoms with E-state index in [0.29, 0.717) is 32.4 Å². The fourth-order valence-corrected chi connectivity index (χ4v) is 17.5. The topological polar surface area (TPSA) is 153 Å². The molecule has 1 amide bonds. The van der Waals surface area contributed by atoms with Gasteiger partial charge in [0.25, 0.3) is 0 Å². The minimum absolute atomic E-state index is 0.0294. The lowest BCUT2D eigenvalue weighted by atomic mass is 10.1. The summed E-state index contributed by atoms with van der Waals surface area (Å²) in [6.45, 7) is 0.831. The van der Waals surface area contributed by atoms with Crippen LogP contribution in [-0.4, -0.2) is 115 Å². The smallest absolute Gasteiger partial charge is 0.305 e. The number of aliphatic carboxylic acids is 1. The van der Waals surface area contributed by atoms with Crippen molar-refractivity contribution in [2.75, 3.05) is 56.0 Å². The number of hydrogen-bond donors (Lipinski definition) is 5. The molecule has 4 unspecified atom stereocenters. The summed E-state index contributed by atoms with van der Waals surface area (Å²) in [6.07, 6.45) is 21.3. The third-order valence-corrected chi connectivity index (χ3v) is 20.4. The van der Waals surface area contributed by atoms with Crippen LogP contribution in [-0.2, 0) is 19.1 Å². The standard InChI is InChI=1S/C10H19NO2S2.C10H18O3S2.C8H14O2S2.C8H16OS2/c12-7-6-11-10(13)4-2-1-3-9-5-8-14-15-9;11-6-7-13-10(12)4-2-1-3-9-5-8-14-15-9;9-8(10)4-2-1-3-7-5-6-11-12-7;9-6-3-1-2-4-8-5-7-10-11-8/h9,12H,1-8H2,(H,11,13);9,11H,1-8H2;7H,1-6H2,(H,9,10);8-9H,1-7H2. The van der Waals surface area contributed by atoms with E-state index in [-0.39, 0.29) is 31.7 Å². The Morgan fingerprint density at radius 3 is 1.34 bits per heavy atom. The monoisotopic (exact) mass is 897 g/mol. The molecule has 0 aliphatic carbocycles. The van der Waals surface area contributed by atoms with E-state index < -0.39 is 5.97 Å². The molecule has 53 heavy (non-hydrogen) atoms. The van der Waals surface area contributed by atoms with Gasteiger partial charge in [-0.2, -0.15) is 0 Å². The van der Waals surface area contributed by atoms with Gasteiger partial charge < -0.3 is 30.5 Å². The second kappa shape index (κ2) is 38.6. The number of carboxylic acid groups (broad SMARTS) is 1. The van der Waals surface area contributed by atoms with E-state index in [1.165, 1.54) is 87.2 Å². The molecule has 0 radical (unpaired) electrons. The molecule has 4 saturated heterocycles. The van der Waals surface area contributed by atoms with Crippen molar-refractivity contribution < 1.29 is 39.5 Å². The third-order valence-electron chi connectivity index (χ3n) is 8.39. The van der Waals surface area contributed by atoms with Crippen LogP contribution in [0, 0.1) is 0 Å². The van der Waals surface area contributed by atoms with Gasteiger partial charge in [-0.3, -0.25) is 14.4 Å². The number of esters is 1. The molecule has 4 atom stereocenters. The predicted molar refractivity (Wildman–Crippen MR) is 241 cm³/mol. The van der Waals surface area contributed by atoms with Gasteiger partial charge >= 0.3 is 11.9 Å². The van der Waals surface area contributed by atoms with Crippen LogP contribution in [0.25, 0.3) is 0 Å². The largest absolute Gasteiger partial charge is 0.481 e. The first-order valence-electron chi connectivity index (χ1n) is 19.5. The lowest BCUT2D eigenvalue weighted by Gasteiger charge is -2.06. The summed E-state index contributed by atoms with van der Waals surface area (Å²) < 4.78 is 4.76. The van der Waals surface area contributed by atoms with Gasteiger partial charge in [-0.15, -0.1) is 0 Å². The fourth-order valence-electron chi connectivity index (χ4n) is 5.38. The van der Waals surface area contributed by atoms with E-state index in [1.54, 1.807) is 0 Å². The lowest BCUT2D eigenvalue weighted by Crippen LogP contribution is -2.25. The molecule has 4 aliphatic rings. The quantitative estimate of drug-likeness (QED) is 0.0355. The van der Waals surface area contributed by atoms with Gasteiger partial charge in [0.15, 0.2) is 0 Å². The molecule has 4 aliphatic heterocycles. The van der Waals surface area contributed by atoms with Crippen LogP contribution in [0.3, 0.4) is 0 Å². The van der Waals surface area contributed by atoms with Crippen molar-refractivity contribution in [3.8, 4) is 0 Å². The Morgan fingerprint density at radius 2 is 0.962 bits per heavy atom. The molecule has 312 valence electrons. The molecule has 0 aromatic heterocycles. The van der Waals surface area contributed by atoms with Crippen molar-refractivity contribution in [3.05, 3.63) is 0 Å². The maximum absolute atomic E-state index is 11.2. The SMILES string of the molecule is O=C(CCCCC1CCSS1)NCCO.O=C(CCCCC1CCSS1)OCCO.O=C(O)CCCCC1CCSS1.OCCCCCC1CCSS1. The van der Waals surface area contributed by atoms with Crippen molar-refractivity contribution in [2.24, 2.45) is 0 Å². The van der Waals surface area contributed by atoms with Gasteiger partial charge in [-0.05, 0) is 77.0 Å². The van der Waals surface area contributed by atoms with Crippen molar-refractivity contribution in [2.45, 2.75) is 149 Å². The summed E-state index contributed by atoms with van der Waals surface area (Å²) in [5, 5.41) is 39.9. The molecule has 0 aromatic carbocycles. The van der Waals surface area contributed by atoms with Crippen LogP contribution in [0.2, 0.25) is 0 Å². The normalized spacial score (nSPS) is 21.8. The fraction of sp³-hybridized carbons (Fsp3) is 0.917. The Kier molecular flexibility index (Phi) is 38.0. The second-order valence-corrected chi connectivity index (χ2v) is 24.2. The van der Waals surface area contributed by atoms with E-state index in [2.05, 4.69) is 16.1 Å². The van der Waals surface area contributed by atoms with Crippen LogP contribution in [0.15, 0.2) is 0 Å². The minimum atomic E-state index is -0.663. The van der Waals surface area contributed by atoms with Gasteiger partial charge in [-0.1, -0.05) is 118 Å².